The number of aryl methyl sites for hydroxylation is 1. The third-order valence-electron chi connectivity index (χ3n) is 2.82. The Balaban J connectivity index is 2.37. The van der Waals surface area contributed by atoms with Gasteiger partial charge in [-0.05, 0) is 0 Å². The summed E-state index contributed by atoms with van der Waals surface area (Å²) in [6, 6.07) is 0. The van der Waals surface area contributed by atoms with Crippen LogP contribution in [-0.2, 0) is 14.1 Å². The lowest BCUT2D eigenvalue weighted by molar-refractivity contribution is 0.199. The average Bonchev–Trinajstić information content (AvgIpc) is 2.21. The molecule has 0 bridgehead atoms. The van der Waals surface area contributed by atoms with Crippen molar-refractivity contribution in [3.63, 3.8) is 0 Å². The monoisotopic (exact) mass is 226 g/mol. The molecule has 1 fully saturated rings. The fourth-order valence-corrected chi connectivity index (χ4v) is 1.74. The Kier molecular flexibility index (Phi) is 2.55. The van der Waals surface area contributed by atoms with E-state index in [1.807, 2.05) is 0 Å². The van der Waals surface area contributed by atoms with E-state index in [0.717, 1.165) is 9.25 Å². The molecule has 0 saturated carbocycles. The SMILES string of the molecule is Cn1nc(N2CC(CO)C2)c(=O)n(C)c1=O. The van der Waals surface area contributed by atoms with Gasteiger partial charge in [-0.3, -0.25) is 9.36 Å². The zero-order valence-electron chi connectivity index (χ0n) is 9.25. The molecule has 1 aliphatic rings. The Morgan fingerprint density at radius 2 is 2.00 bits per heavy atom. The molecule has 0 aromatic carbocycles. The molecule has 1 aromatic rings. The predicted molar refractivity (Wildman–Crippen MR) is 57.5 cm³/mol. The van der Waals surface area contributed by atoms with E-state index in [9.17, 15) is 9.59 Å². The van der Waals surface area contributed by atoms with Crippen molar-refractivity contribution in [3.8, 4) is 0 Å². The summed E-state index contributed by atoms with van der Waals surface area (Å²) >= 11 is 0. The quantitative estimate of drug-likeness (QED) is 0.625. The minimum atomic E-state index is -0.437. The minimum absolute atomic E-state index is 0.114. The third kappa shape index (κ3) is 1.53. The maximum atomic E-state index is 11.8. The second kappa shape index (κ2) is 3.75. The van der Waals surface area contributed by atoms with Gasteiger partial charge in [0.2, 0.25) is 5.82 Å². The van der Waals surface area contributed by atoms with Crippen molar-refractivity contribution in [1.82, 2.24) is 14.3 Å². The summed E-state index contributed by atoms with van der Waals surface area (Å²) < 4.78 is 2.18. The molecule has 7 heteroatoms. The zero-order chi connectivity index (χ0) is 11.9. The Morgan fingerprint density at radius 3 is 2.56 bits per heavy atom. The van der Waals surface area contributed by atoms with Crippen LogP contribution in [0.5, 0.6) is 0 Å². The topological polar surface area (TPSA) is 80.4 Å². The third-order valence-corrected chi connectivity index (χ3v) is 2.82. The minimum Gasteiger partial charge on any atom is -0.396 e. The van der Waals surface area contributed by atoms with E-state index in [1.165, 1.54) is 14.1 Å². The maximum Gasteiger partial charge on any atom is 0.346 e. The molecule has 16 heavy (non-hydrogen) atoms. The van der Waals surface area contributed by atoms with Gasteiger partial charge in [0.25, 0.3) is 5.56 Å². The van der Waals surface area contributed by atoms with Crippen LogP contribution in [0.1, 0.15) is 0 Å². The molecule has 0 spiro atoms. The molecule has 1 saturated heterocycles. The number of hydrogen-bond acceptors (Lipinski definition) is 5. The molecule has 88 valence electrons. The van der Waals surface area contributed by atoms with Gasteiger partial charge in [0.1, 0.15) is 0 Å². The number of aliphatic hydroxyl groups excluding tert-OH is 1. The Bertz CT molecular complexity index is 512. The van der Waals surface area contributed by atoms with E-state index in [0.29, 0.717) is 13.1 Å². The largest absolute Gasteiger partial charge is 0.396 e. The first-order valence-electron chi connectivity index (χ1n) is 5.04. The summed E-state index contributed by atoms with van der Waals surface area (Å²) in [5.41, 5.74) is -0.826. The van der Waals surface area contributed by atoms with E-state index in [4.69, 9.17) is 5.11 Å². The van der Waals surface area contributed by atoms with Crippen LogP contribution in [0.2, 0.25) is 0 Å². The fourth-order valence-electron chi connectivity index (χ4n) is 1.74. The summed E-state index contributed by atoms with van der Waals surface area (Å²) in [7, 11) is 2.94. The number of anilines is 1. The normalized spacial score (nSPS) is 16.3. The molecule has 1 aliphatic heterocycles. The fraction of sp³-hybridized carbons (Fsp3) is 0.667. The van der Waals surface area contributed by atoms with Gasteiger partial charge in [0.05, 0.1) is 0 Å². The first-order valence-corrected chi connectivity index (χ1v) is 5.04. The van der Waals surface area contributed by atoms with Crippen molar-refractivity contribution in [2.45, 2.75) is 0 Å². The van der Waals surface area contributed by atoms with Crippen molar-refractivity contribution in [2.75, 3.05) is 24.6 Å². The Labute approximate surface area is 91.5 Å². The van der Waals surface area contributed by atoms with Crippen molar-refractivity contribution in [3.05, 3.63) is 20.8 Å². The van der Waals surface area contributed by atoms with Crippen molar-refractivity contribution in [1.29, 1.82) is 0 Å². The zero-order valence-corrected chi connectivity index (χ0v) is 9.25. The van der Waals surface area contributed by atoms with Crippen LogP contribution in [0.4, 0.5) is 5.82 Å². The summed E-state index contributed by atoms with van der Waals surface area (Å²) in [5, 5.41) is 12.8. The first-order chi connectivity index (χ1) is 7.54. The summed E-state index contributed by atoms with van der Waals surface area (Å²) in [6.07, 6.45) is 0. The van der Waals surface area contributed by atoms with Crippen LogP contribution in [0.15, 0.2) is 9.59 Å². The lowest BCUT2D eigenvalue weighted by Gasteiger charge is -2.38. The van der Waals surface area contributed by atoms with Gasteiger partial charge in [0, 0.05) is 39.7 Å². The number of aromatic nitrogens is 3. The molecule has 2 heterocycles. The number of nitrogens with zero attached hydrogens (tertiary/aromatic N) is 4. The Morgan fingerprint density at radius 1 is 1.38 bits per heavy atom. The molecular formula is C9H14N4O3. The maximum absolute atomic E-state index is 11.8. The van der Waals surface area contributed by atoms with Crippen molar-refractivity contribution >= 4 is 5.82 Å². The van der Waals surface area contributed by atoms with Crippen molar-refractivity contribution < 1.29 is 5.11 Å². The van der Waals surface area contributed by atoms with Crippen molar-refractivity contribution in [2.24, 2.45) is 20.0 Å². The van der Waals surface area contributed by atoms with E-state index >= 15 is 0 Å². The van der Waals surface area contributed by atoms with Crippen LogP contribution in [-0.4, -0.2) is 39.2 Å². The standard InChI is InChI=1S/C9H14N4O3/c1-11-8(15)7(10-12(2)9(11)16)13-3-6(4-13)5-14/h6,14H,3-5H2,1-2H3. The number of hydrogen-bond donors (Lipinski definition) is 1. The summed E-state index contributed by atoms with van der Waals surface area (Å²) in [4.78, 5) is 24.9. The van der Waals surface area contributed by atoms with Gasteiger partial charge in [-0.15, -0.1) is 5.10 Å². The average molecular weight is 226 g/mol. The molecule has 7 nitrogen and oxygen atoms in total. The van der Waals surface area contributed by atoms with Gasteiger partial charge in [-0.1, -0.05) is 0 Å². The second-order valence-corrected chi connectivity index (χ2v) is 4.05. The lowest BCUT2D eigenvalue weighted by Crippen LogP contribution is -2.53. The molecule has 2 rings (SSSR count). The summed E-state index contributed by atoms with van der Waals surface area (Å²) in [6.45, 7) is 1.33. The highest BCUT2D eigenvalue weighted by Crippen LogP contribution is 2.18. The van der Waals surface area contributed by atoms with Gasteiger partial charge in [-0.25, -0.2) is 9.48 Å². The van der Waals surface area contributed by atoms with Gasteiger partial charge in [0.15, 0.2) is 0 Å². The second-order valence-electron chi connectivity index (χ2n) is 4.05. The molecule has 0 atom stereocenters. The van der Waals surface area contributed by atoms with Gasteiger partial charge < -0.3 is 10.0 Å². The van der Waals surface area contributed by atoms with E-state index in [2.05, 4.69) is 5.10 Å². The number of rotatable bonds is 2. The van der Waals surface area contributed by atoms with E-state index in [-0.39, 0.29) is 23.9 Å². The Hall–Kier alpha value is -1.63. The molecule has 0 unspecified atom stereocenters. The number of aliphatic hydroxyl groups is 1. The molecule has 1 aromatic heterocycles. The van der Waals surface area contributed by atoms with Crippen LogP contribution >= 0.6 is 0 Å². The lowest BCUT2D eigenvalue weighted by atomic mass is 10.0. The highest BCUT2D eigenvalue weighted by Gasteiger charge is 2.29. The smallest absolute Gasteiger partial charge is 0.346 e. The molecule has 1 N–H and O–H groups in total. The van der Waals surface area contributed by atoms with E-state index in [1.54, 1.807) is 4.90 Å². The highest BCUT2D eigenvalue weighted by molar-refractivity contribution is 5.38. The van der Waals surface area contributed by atoms with Gasteiger partial charge >= 0.3 is 5.69 Å². The molecule has 0 aliphatic carbocycles. The predicted octanol–water partition coefficient (Wildman–Crippen LogP) is -2.09. The first kappa shape index (κ1) is 10.9. The summed E-state index contributed by atoms with van der Waals surface area (Å²) in [5.74, 6) is 0.470. The van der Waals surface area contributed by atoms with Crippen LogP contribution < -0.4 is 16.1 Å². The van der Waals surface area contributed by atoms with Crippen LogP contribution in [0.3, 0.4) is 0 Å². The van der Waals surface area contributed by atoms with E-state index < -0.39 is 5.69 Å². The van der Waals surface area contributed by atoms with Crippen LogP contribution in [0, 0.1) is 5.92 Å². The highest BCUT2D eigenvalue weighted by atomic mass is 16.3. The molecule has 0 radical (unpaired) electrons. The molecular weight excluding hydrogens is 212 g/mol. The van der Waals surface area contributed by atoms with Gasteiger partial charge in [-0.2, -0.15) is 0 Å². The molecule has 0 amide bonds. The van der Waals surface area contributed by atoms with Crippen LogP contribution in [0.25, 0.3) is 0 Å².